The molecular weight excluding hydrogens is 375 g/mol. The topological polar surface area (TPSA) is 24.5 Å². The van der Waals surface area contributed by atoms with Crippen molar-refractivity contribution in [1.29, 1.82) is 0 Å². The summed E-state index contributed by atoms with van der Waals surface area (Å²) in [6.45, 7) is 4.48. The van der Waals surface area contributed by atoms with Crippen molar-refractivity contribution in [1.82, 2.24) is 0 Å². The van der Waals surface area contributed by atoms with Crippen molar-refractivity contribution in [2.45, 2.75) is 6.54 Å². The smallest absolute Gasteiger partial charge is 0.0642 e. The van der Waals surface area contributed by atoms with Gasteiger partial charge in [0.15, 0.2) is 0 Å². The van der Waals surface area contributed by atoms with Crippen molar-refractivity contribution in [2.24, 2.45) is 0 Å². The monoisotopic (exact) mass is 394 g/mol. The van der Waals surface area contributed by atoms with E-state index in [0.29, 0.717) is 0 Å². The Balaban J connectivity index is 1.59. The molecule has 0 aliphatic carbocycles. The molecule has 0 saturated carbocycles. The quantitative estimate of drug-likeness (QED) is 0.800. The number of hydrogen-bond donors (Lipinski definition) is 1. The molecule has 1 aliphatic rings. The van der Waals surface area contributed by atoms with Crippen molar-refractivity contribution in [3.8, 4) is 0 Å². The number of halogens is 1. The van der Waals surface area contributed by atoms with Crippen LogP contribution in [0.2, 0.25) is 0 Å². The second kappa shape index (κ2) is 7.13. The van der Waals surface area contributed by atoms with Crippen LogP contribution in [0, 0.1) is 3.57 Å². The normalized spacial score (nSPS) is 15.0. The van der Waals surface area contributed by atoms with E-state index in [4.69, 9.17) is 4.74 Å². The lowest BCUT2D eigenvalue weighted by atomic mass is 10.2. The minimum atomic E-state index is 0.829. The molecule has 1 saturated heterocycles. The number of rotatable bonds is 4. The zero-order chi connectivity index (χ0) is 14.5. The van der Waals surface area contributed by atoms with E-state index in [1.807, 2.05) is 0 Å². The van der Waals surface area contributed by atoms with Gasteiger partial charge in [-0.25, -0.2) is 0 Å². The Hall–Kier alpha value is -1.27. The average molecular weight is 394 g/mol. The largest absolute Gasteiger partial charge is 0.381 e. The van der Waals surface area contributed by atoms with Crippen LogP contribution in [0.4, 0.5) is 11.4 Å². The molecule has 110 valence electrons. The third-order valence-corrected chi connectivity index (χ3v) is 4.30. The van der Waals surface area contributed by atoms with E-state index in [2.05, 4.69) is 81.3 Å². The summed E-state index contributed by atoms with van der Waals surface area (Å²) in [6.07, 6.45) is 0. The lowest BCUT2D eigenvalue weighted by Crippen LogP contribution is -2.36. The molecule has 0 radical (unpaired) electrons. The summed E-state index contributed by atoms with van der Waals surface area (Å²) in [5.74, 6) is 0. The van der Waals surface area contributed by atoms with Crippen LogP contribution < -0.4 is 10.2 Å². The van der Waals surface area contributed by atoms with Gasteiger partial charge >= 0.3 is 0 Å². The van der Waals surface area contributed by atoms with Crippen LogP contribution in [-0.4, -0.2) is 26.3 Å². The summed E-state index contributed by atoms with van der Waals surface area (Å²) in [7, 11) is 0. The molecule has 1 fully saturated rings. The molecule has 4 heteroatoms. The van der Waals surface area contributed by atoms with Gasteiger partial charge < -0.3 is 15.0 Å². The van der Waals surface area contributed by atoms with Crippen LogP contribution in [0.5, 0.6) is 0 Å². The zero-order valence-electron chi connectivity index (χ0n) is 11.9. The predicted octanol–water partition coefficient (Wildman–Crippen LogP) is 3.74. The van der Waals surface area contributed by atoms with Crippen molar-refractivity contribution < 1.29 is 4.74 Å². The predicted molar refractivity (Wildman–Crippen MR) is 96.0 cm³/mol. The van der Waals surface area contributed by atoms with Crippen LogP contribution in [-0.2, 0) is 11.3 Å². The lowest BCUT2D eigenvalue weighted by Gasteiger charge is -2.28. The number of morpholine rings is 1. The first-order valence-corrected chi connectivity index (χ1v) is 8.30. The van der Waals surface area contributed by atoms with Gasteiger partial charge in [0.1, 0.15) is 0 Å². The molecule has 0 aromatic heterocycles. The van der Waals surface area contributed by atoms with Crippen LogP contribution in [0.3, 0.4) is 0 Å². The third-order valence-electron chi connectivity index (χ3n) is 3.63. The maximum Gasteiger partial charge on any atom is 0.0642 e. The van der Waals surface area contributed by atoms with E-state index in [1.54, 1.807) is 0 Å². The number of nitrogens with one attached hydrogen (secondary N) is 1. The summed E-state index contributed by atoms with van der Waals surface area (Å²) < 4.78 is 6.64. The molecule has 0 bridgehead atoms. The number of benzene rings is 2. The van der Waals surface area contributed by atoms with Crippen molar-refractivity contribution in [3.63, 3.8) is 0 Å². The Morgan fingerprint density at radius 2 is 1.81 bits per heavy atom. The maximum atomic E-state index is 5.39. The molecule has 0 spiro atoms. The zero-order valence-corrected chi connectivity index (χ0v) is 14.0. The maximum absolute atomic E-state index is 5.39. The molecule has 21 heavy (non-hydrogen) atoms. The van der Waals surface area contributed by atoms with Gasteiger partial charge in [0, 0.05) is 34.6 Å². The highest BCUT2D eigenvalue weighted by Crippen LogP contribution is 2.18. The van der Waals surface area contributed by atoms with Gasteiger partial charge in [-0.2, -0.15) is 0 Å². The van der Waals surface area contributed by atoms with E-state index in [0.717, 1.165) is 32.8 Å². The second-order valence-electron chi connectivity index (χ2n) is 5.13. The highest BCUT2D eigenvalue weighted by molar-refractivity contribution is 14.1. The minimum Gasteiger partial charge on any atom is -0.381 e. The molecule has 0 amide bonds. The first-order valence-electron chi connectivity index (χ1n) is 7.22. The van der Waals surface area contributed by atoms with E-state index in [9.17, 15) is 0 Å². The number of ether oxygens (including phenoxy) is 1. The van der Waals surface area contributed by atoms with Crippen LogP contribution in [0.1, 0.15) is 5.56 Å². The van der Waals surface area contributed by atoms with E-state index in [1.165, 1.54) is 20.5 Å². The Morgan fingerprint density at radius 3 is 2.52 bits per heavy atom. The van der Waals surface area contributed by atoms with E-state index >= 15 is 0 Å². The molecular formula is C17H19IN2O. The SMILES string of the molecule is Ic1cccc(NCc2ccc(N3CCOCC3)cc2)c1. The Kier molecular flexibility index (Phi) is 4.98. The van der Waals surface area contributed by atoms with Gasteiger partial charge in [0.25, 0.3) is 0 Å². The minimum absolute atomic E-state index is 0.829. The summed E-state index contributed by atoms with van der Waals surface area (Å²) in [6, 6.07) is 17.2. The average Bonchev–Trinajstić information content (AvgIpc) is 2.54. The fourth-order valence-electron chi connectivity index (χ4n) is 2.45. The fraction of sp³-hybridized carbons (Fsp3) is 0.294. The van der Waals surface area contributed by atoms with Crippen LogP contribution >= 0.6 is 22.6 Å². The van der Waals surface area contributed by atoms with Crippen molar-refractivity contribution >= 4 is 34.0 Å². The molecule has 3 nitrogen and oxygen atoms in total. The number of nitrogens with zero attached hydrogens (tertiary/aromatic N) is 1. The summed E-state index contributed by atoms with van der Waals surface area (Å²) in [5.41, 5.74) is 3.75. The van der Waals surface area contributed by atoms with Crippen LogP contribution in [0.25, 0.3) is 0 Å². The Labute approximate surface area is 139 Å². The first-order chi connectivity index (χ1) is 10.3. The molecule has 3 rings (SSSR count). The highest BCUT2D eigenvalue weighted by Gasteiger charge is 2.10. The van der Waals surface area contributed by atoms with Gasteiger partial charge in [0.05, 0.1) is 13.2 Å². The standard InChI is InChI=1S/C17H19IN2O/c18-15-2-1-3-16(12-15)19-13-14-4-6-17(7-5-14)20-8-10-21-11-9-20/h1-7,12,19H,8-11,13H2. The van der Waals surface area contributed by atoms with E-state index < -0.39 is 0 Å². The number of anilines is 2. The summed E-state index contributed by atoms with van der Waals surface area (Å²) in [4.78, 5) is 2.38. The lowest BCUT2D eigenvalue weighted by molar-refractivity contribution is 0.122. The Morgan fingerprint density at radius 1 is 1.05 bits per heavy atom. The molecule has 2 aromatic carbocycles. The van der Waals surface area contributed by atoms with Gasteiger partial charge in [-0.15, -0.1) is 0 Å². The molecule has 1 heterocycles. The summed E-state index contributed by atoms with van der Waals surface area (Å²) >= 11 is 2.33. The van der Waals surface area contributed by atoms with Gasteiger partial charge in [-0.1, -0.05) is 18.2 Å². The van der Waals surface area contributed by atoms with Crippen molar-refractivity contribution in [2.75, 3.05) is 36.5 Å². The Bertz CT molecular complexity index is 580. The van der Waals surface area contributed by atoms with Crippen molar-refractivity contribution in [3.05, 3.63) is 57.7 Å². The molecule has 0 atom stereocenters. The van der Waals surface area contributed by atoms with Crippen LogP contribution in [0.15, 0.2) is 48.5 Å². The first kappa shape index (κ1) is 14.7. The van der Waals surface area contributed by atoms with Gasteiger partial charge in [0.2, 0.25) is 0 Å². The van der Waals surface area contributed by atoms with Gasteiger partial charge in [-0.3, -0.25) is 0 Å². The molecule has 1 N–H and O–H groups in total. The molecule has 0 unspecified atom stereocenters. The number of hydrogen-bond acceptors (Lipinski definition) is 3. The van der Waals surface area contributed by atoms with E-state index in [-0.39, 0.29) is 0 Å². The fourth-order valence-corrected chi connectivity index (χ4v) is 2.99. The molecule has 1 aliphatic heterocycles. The summed E-state index contributed by atoms with van der Waals surface area (Å²) in [5, 5.41) is 3.46. The third kappa shape index (κ3) is 4.11. The highest BCUT2D eigenvalue weighted by atomic mass is 127. The second-order valence-corrected chi connectivity index (χ2v) is 6.38. The molecule has 2 aromatic rings. The van der Waals surface area contributed by atoms with Gasteiger partial charge in [-0.05, 0) is 58.5 Å².